The second-order valence-electron chi connectivity index (χ2n) is 5.69. The maximum absolute atomic E-state index is 12.6. The summed E-state index contributed by atoms with van der Waals surface area (Å²) in [4.78, 5) is 36.6. The average Bonchev–Trinajstić information content (AvgIpc) is 2.92. The van der Waals surface area contributed by atoms with Crippen molar-refractivity contribution in [3.05, 3.63) is 28.7 Å². The Hall–Kier alpha value is -2.59. The maximum Gasteiger partial charge on any atom is 0.305 e. The van der Waals surface area contributed by atoms with Gasteiger partial charge >= 0.3 is 5.97 Å². The molecule has 1 saturated heterocycles. The highest BCUT2D eigenvalue weighted by Gasteiger charge is 2.32. The number of carbonyl (C=O) groups excluding carboxylic acids is 2. The minimum atomic E-state index is -0.988. The first-order valence-corrected chi connectivity index (χ1v) is 9.54. The SMILES string of the molecule is COc1ccc(/C=C2\SC(=S)N(CCC(=O)NCCC(=O)O)C2=O)cc1OC. The Balaban J connectivity index is 2.00. The van der Waals surface area contributed by atoms with Crippen LogP contribution in [0.5, 0.6) is 11.5 Å². The van der Waals surface area contributed by atoms with Crippen LogP contribution in [-0.4, -0.2) is 59.4 Å². The van der Waals surface area contributed by atoms with Crippen LogP contribution in [0.25, 0.3) is 6.08 Å². The summed E-state index contributed by atoms with van der Waals surface area (Å²) in [5, 5.41) is 11.1. The van der Waals surface area contributed by atoms with Crippen LogP contribution in [0.2, 0.25) is 0 Å². The summed E-state index contributed by atoms with van der Waals surface area (Å²) in [7, 11) is 3.07. The van der Waals surface area contributed by atoms with E-state index in [2.05, 4.69) is 5.32 Å². The van der Waals surface area contributed by atoms with E-state index in [0.29, 0.717) is 20.7 Å². The molecular formula is C18H20N2O6S2. The molecule has 1 heterocycles. The molecule has 1 aliphatic rings. The number of carbonyl (C=O) groups is 3. The highest BCUT2D eigenvalue weighted by Crippen LogP contribution is 2.34. The first-order chi connectivity index (χ1) is 13.3. The molecule has 0 bridgehead atoms. The highest BCUT2D eigenvalue weighted by atomic mass is 32.2. The molecule has 1 aromatic carbocycles. The van der Waals surface area contributed by atoms with E-state index in [0.717, 1.165) is 17.3 Å². The van der Waals surface area contributed by atoms with E-state index in [4.69, 9.17) is 26.8 Å². The molecule has 2 N–H and O–H groups in total. The van der Waals surface area contributed by atoms with Gasteiger partial charge < -0.3 is 19.9 Å². The van der Waals surface area contributed by atoms with Crippen LogP contribution < -0.4 is 14.8 Å². The fraction of sp³-hybridized carbons (Fsp3) is 0.333. The average molecular weight is 425 g/mol. The number of thiocarbonyl (C=S) groups is 1. The highest BCUT2D eigenvalue weighted by molar-refractivity contribution is 8.26. The third kappa shape index (κ3) is 5.70. The van der Waals surface area contributed by atoms with Crippen LogP contribution in [0.1, 0.15) is 18.4 Å². The van der Waals surface area contributed by atoms with E-state index < -0.39 is 5.97 Å². The quantitative estimate of drug-likeness (QED) is 0.457. The molecule has 1 aliphatic heterocycles. The molecule has 0 aromatic heterocycles. The largest absolute Gasteiger partial charge is 0.493 e. The molecule has 28 heavy (non-hydrogen) atoms. The van der Waals surface area contributed by atoms with Crippen LogP contribution in [0, 0.1) is 0 Å². The number of aliphatic carboxylic acids is 1. The summed E-state index contributed by atoms with van der Waals surface area (Å²) in [5.74, 6) is -0.467. The molecule has 150 valence electrons. The Bertz CT molecular complexity index is 824. The van der Waals surface area contributed by atoms with Gasteiger partial charge in [0, 0.05) is 19.5 Å². The predicted molar refractivity (Wildman–Crippen MR) is 109 cm³/mol. The Morgan fingerprint density at radius 1 is 1.25 bits per heavy atom. The number of thioether (sulfide) groups is 1. The second-order valence-corrected chi connectivity index (χ2v) is 7.37. The molecule has 0 spiro atoms. The second kappa shape index (κ2) is 10.1. The fourth-order valence-electron chi connectivity index (χ4n) is 2.40. The van der Waals surface area contributed by atoms with Gasteiger partial charge in [-0.15, -0.1) is 0 Å². The summed E-state index contributed by atoms with van der Waals surface area (Å²) in [6.07, 6.45) is 1.59. The van der Waals surface area contributed by atoms with Gasteiger partial charge in [-0.3, -0.25) is 19.3 Å². The van der Waals surface area contributed by atoms with Crippen molar-refractivity contribution < 1.29 is 29.0 Å². The zero-order valence-electron chi connectivity index (χ0n) is 15.4. The van der Waals surface area contributed by atoms with E-state index in [-0.39, 0.29) is 37.7 Å². The third-order valence-electron chi connectivity index (χ3n) is 3.80. The van der Waals surface area contributed by atoms with Crippen LogP contribution in [0.4, 0.5) is 0 Å². The van der Waals surface area contributed by atoms with Gasteiger partial charge in [0.1, 0.15) is 4.32 Å². The number of carboxylic acids is 1. The summed E-state index contributed by atoms with van der Waals surface area (Å²) in [5.41, 5.74) is 0.754. The number of nitrogens with one attached hydrogen (secondary N) is 1. The van der Waals surface area contributed by atoms with Gasteiger partial charge in [-0.25, -0.2) is 0 Å². The van der Waals surface area contributed by atoms with Crippen molar-refractivity contribution in [2.24, 2.45) is 0 Å². The Labute approximate surface area is 171 Å². The lowest BCUT2D eigenvalue weighted by atomic mass is 10.2. The Kier molecular flexibility index (Phi) is 7.82. The van der Waals surface area contributed by atoms with Crippen LogP contribution in [-0.2, 0) is 14.4 Å². The van der Waals surface area contributed by atoms with Gasteiger partial charge in [-0.2, -0.15) is 0 Å². The van der Waals surface area contributed by atoms with E-state index in [1.807, 2.05) is 0 Å². The van der Waals surface area contributed by atoms with Gasteiger partial charge in [0.05, 0.1) is 25.5 Å². The van der Waals surface area contributed by atoms with Crippen LogP contribution in [0.3, 0.4) is 0 Å². The van der Waals surface area contributed by atoms with E-state index in [1.165, 1.54) is 12.0 Å². The molecule has 1 fully saturated rings. The maximum atomic E-state index is 12.6. The number of benzene rings is 1. The summed E-state index contributed by atoms with van der Waals surface area (Å²) in [6, 6.07) is 5.29. The standard InChI is InChI=1S/C18H20N2O6S2/c1-25-12-4-3-11(9-13(12)26-2)10-14-17(24)20(18(27)28-14)8-6-15(21)19-7-5-16(22)23/h3-4,9-10H,5-8H2,1-2H3,(H,19,21)(H,22,23)/b14-10-. The number of carboxylic acid groups (broad SMARTS) is 1. The molecule has 10 heteroatoms. The molecular weight excluding hydrogens is 404 g/mol. The molecule has 1 aromatic rings. The van der Waals surface area contributed by atoms with Gasteiger partial charge in [0.2, 0.25) is 5.91 Å². The van der Waals surface area contributed by atoms with E-state index in [9.17, 15) is 14.4 Å². The van der Waals surface area contributed by atoms with Crippen molar-refractivity contribution in [3.63, 3.8) is 0 Å². The number of hydrogen-bond acceptors (Lipinski definition) is 7. The number of methoxy groups -OCH3 is 2. The van der Waals surface area contributed by atoms with Crippen molar-refractivity contribution in [2.45, 2.75) is 12.8 Å². The molecule has 0 radical (unpaired) electrons. The van der Waals surface area contributed by atoms with Crippen LogP contribution >= 0.6 is 24.0 Å². The smallest absolute Gasteiger partial charge is 0.305 e. The van der Waals surface area contributed by atoms with Crippen molar-refractivity contribution in [1.29, 1.82) is 0 Å². The molecule has 8 nitrogen and oxygen atoms in total. The van der Waals surface area contributed by atoms with Crippen molar-refractivity contribution in [1.82, 2.24) is 10.2 Å². The zero-order chi connectivity index (χ0) is 20.7. The van der Waals surface area contributed by atoms with Gasteiger partial charge in [-0.05, 0) is 23.8 Å². The Morgan fingerprint density at radius 2 is 1.96 bits per heavy atom. The van der Waals surface area contributed by atoms with E-state index >= 15 is 0 Å². The monoisotopic (exact) mass is 424 g/mol. The number of rotatable bonds is 9. The fourth-order valence-corrected chi connectivity index (χ4v) is 3.71. The first-order valence-electron chi connectivity index (χ1n) is 8.31. The zero-order valence-corrected chi connectivity index (χ0v) is 17.0. The predicted octanol–water partition coefficient (Wildman–Crippen LogP) is 1.89. The summed E-state index contributed by atoms with van der Waals surface area (Å²) >= 11 is 6.41. The number of hydrogen-bond donors (Lipinski definition) is 2. The third-order valence-corrected chi connectivity index (χ3v) is 5.18. The number of amides is 2. The van der Waals surface area contributed by atoms with Gasteiger partial charge in [0.25, 0.3) is 5.91 Å². The minimum Gasteiger partial charge on any atom is -0.493 e. The van der Waals surface area contributed by atoms with Gasteiger partial charge in [-0.1, -0.05) is 30.0 Å². The number of ether oxygens (including phenoxy) is 2. The molecule has 2 rings (SSSR count). The number of nitrogens with zero attached hydrogens (tertiary/aromatic N) is 1. The molecule has 0 aliphatic carbocycles. The lowest BCUT2D eigenvalue weighted by Gasteiger charge is -2.14. The first kappa shape index (κ1) is 21.7. The topological polar surface area (TPSA) is 105 Å². The van der Waals surface area contributed by atoms with Crippen molar-refractivity contribution >= 4 is 52.2 Å². The Morgan fingerprint density at radius 3 is 2.61 bits per heavy atom. The summed E-state index contributed by atoms with van der Waals surface area (Å²) < 4.78 is 10.8. The molecule has 0 atom stereocenters. The molecule has 0 unspecified atom stereocenters. The molecule has 2 amide bonds. The minimum absolute atomic E-state index is 0.0374. The normalized spacial score (nSPS) is 15.1. The van der Waals surface area contributed by atoms with Crippen LogP contribution in [0.15, 0.2) is 23.1 Å². The van der Waals surface area contributed by atoms with Crippen molar-refractivity contribution in [3.8, 4) is 11.5 Å². The lowest BCUT2D eigenvalue weighted by Crippen LogP contribution is -2.34. The van der Waals surface area contributed by atoms with Gasteiger partial charge in [0.15, 0.2) is 11.5 Å². The summed E-state index contributed by atoms with van der Waals surface area (Å²) in [6.45, 7) is 0.179. The lowest BCUT2D eigenvalue weighted by molar-refractivity contribution is -0.136. The van der Waals surface area contributed by atoms with E-state index in [1.54, 1.807) is 31.4 Å². The molecule has 0 saturated carbocycles. The van der Waals surface area contributed by atoms with Crippen molar-refractivity contribution in [2.75, 3.05) is 27.3 Å².